The van der Waals surface area contributed by atoms with Gasteiger partial charge in [0.1, 0.15) is 0 Å². The van der Waals surface area contributed by atoms with E-state index in [-0.39, 0.29) is 22.9 Å². The molecule has 200 valence electrons. The SMILES string of the molecule is Cc1ccc(S(=O)(=O)C2(S(=O)(=O)c3ccc(C)cc3)CNCCCCCCCNCCCNC2)cc1. The van der Waals surface area contributed by atoms with E-state index in [4.69, 9.17) is 0 Å². The van der Waals surface area contributed by atoms with Gasteiger partial charge in [-0.2, -0.15) is 0 Å². The Morgan fingerprint density at radius 3 is 1.36 bits per heavy atom. The van der Waals surface area contributed by atoms with Gasteiger partial charge in [-0.25, -0.2) is 16.8 Å². The van der Waals surface area contributed by atoms with Crippen LogP contribution < -0.4 is 16.0 Å². The molecule has 3 rings (SSSR count). The molecule has 0 spiro atoms. The topological polar surface area (TPSA) is 104 Å². The predicted molar refractivity (Wildman–Crippen MR) is 146 cm³/mol. The maximum Gasteiger partial charge on any atom is 0.206 e. The van der Waals surface area contributed by atoms with Crippen LogP contribution in [0.4, 0.5) is 0 Å². The van der Waals surface area contributed by atoms with E-state index >= 15 is 0 Å². The summed E-state index contributed by atoms with van der Waals surface area (Å²) in [7, 11) is -8.61. The Balaban J connectivity index is 2.07. The summed E-state index contributed by atoms with van der Waals surface area (Å²) < 4.78 is 55.0. The highest BCUT2D eigenvalue weighted by Gasteiger charge is 2.55. The molecular weight excluding hydrogens is 494 g/mol. The number of aryl methyl sites for hydroxylation is 2. The molecule has 2 aromatic carbocycles. The Kier molecular flexibility index (Phi) is 10.5. The van der Waals surface area contributed by atoms with Crippen LogP contribution in [0.3, 0.4) is 0 Å². The van der Waals surface area contributed by atoms with Crippen LogP contribution >= 0.6 is 0 Å². The largest absolute Gasteiger partial charge is 0.317 e. The first-order chi connectivity index (χ1) is 17.2. The zero-order valence-electron chi connectivity index (χ0n) is 21.6. The van der Waals surface area contributed by atoms with Gasteiger partial charge in [-0.3, -0.25) is 0 Å². The molecule has 7 nitrogen and oxygen atoms in total. The quantitative estimate of drug-likeness (QED) is 0.551. The summed E-state index contributed by atoms with van der Waals surface area (Å²) >= 11 is 0. The molecule has 1 saturated heterocycles. The number of sulfone groups is 2. The Bertz CT molecular complexity index is 1070. The van der Waals surface area contributed by atoms with Crippen LogP contribution in [-0.2, 0) is 19.7 Å². The number of rotatable bonds is 4. The third-order valence-corrected chi connectivity index (χ3v) is 12.5. The van der Waals surface area contributed by atoms with Gasteiger partial charge in [0.05, 0.1) is 9.79 Å². The number of hydrogen-bond acceptors (Lipinski definition) is 7. The minimum atomic E-state index is -4.30. The van der Waals surface area contributed by atoms with Crippen molar-refractivity contribution < 1.29 is 16.8 Å². The fourth-order valence-corrected chi connectivity index (χ4v) is 9.25. The number of hydrogen-bond donors (Lipinski definition) is 3. The Morgan fingerprint density at radius 2 is 0.889 bits per heavy atom. The van der Waals surface area contributed by atoms with Crippen molar-refractivity contribution in [3.05, 3.63) is 59.7 Å². The molecule has 1 fully saturated rings. The van der Waals surface area contributed by atoms with Crippen LogP contribution in [-0.4, -0.2) is 60.2 Å². The summed E-state index contributed by atoms with van der Waals surface area (Å²) in [6, 6.07) is 12.9. The highest BCUT2D eigenvalue weighted by Crippen LogP contribution is 2.35. The summed E-state index contributed by atoms with van der Waals surface area (Å²) in [5.41, 5.74) is 1.82. The van der Waals surface area contributed by atoms with Crippen molar-refractivity contribution in [2.75, 3.05) is 39.3 Å². The molecule has 1 aliphatic heterocycles. The third kappa shape index (κ3) is 6.75. The lowest BCUT2D eigenvalue weighted by atomic mass is 10.1. The molecule has 0 saturated carbocycles. The molecule has 3 N–H and O–H groups in total. The van der Waals surface area contributed by atoms with E-state index in [0.29, 0.717) is 13.1 Å². The molecule has 1 heterocycles. The van der Waals surface area contributed by atoms with Crippen LogP contribution in [0.2, 0.25) is 0 Å². The van der Waals surface area contributed by atoms with E-state index in [1.807, 2.05) is 13.8 Å². The summed E-state index contributed by atoms with van der Waals surface area (Å²) in [4.78, 5) is 0.0342. The van der Waals surface area contributed by atoms with Gasteiger partial charge in [0.25, 0.3) is 0 Å². The van der Waals surface area contributed by atoms with Crippen LogP contribution in [0.5, 0.6) is 0 Å². The van der Waals surface area contributed by atoms with Gasteiger partial charge >= 0.3 is 0 Å². The van der Waals surface area contributed by atoms with Gasteiger partial charge in [0.2, 0.25) is 23.8 Å². The molecule has 0 bridgehead atoms. The average molecular weight is 536 g/mol. The summed E-state index contributed by atoms with van der Waals surface area (Å²) in [6.07, 6.45) is 6.07. The maximum atomic E-state index is 14.3. The molecule has 0 radical (unpaired) electrons. The van der Waals surface area contributed by atoms with E-state index in [0.717, 1.165) is 62.7 Å². The molecule has 0 unspecified atom stereocenters. The predicted octanol–water partition coefficient (Wildman–Crippen LogP) is 3.37. The molecule has 0 atom stereocenters. The second-order valence-corrected chi connectivity index (χ2v) is 14.5. The molecule has 1 aliphatic rings. The second-order valence-electron chi connectivity index (χ2n) is 9.77. The van der Waals surface area contributed by atoms with Crippen LogP contribution in [0.15, 0.2) is 58.3 Å². The first kappa shape index (κ1) is 28.8. The fraction of sp³-hybridized carbons (Fsp3) is 0.556. The first-order valence-electron chi connectivity index (χ1n) is 13.0. The zero-order valence-corrected chi connectivity index (χ0v) is 23.2. The minimum absolute atomic E-state index is 0.0171. The van der Waals surface area contributed by atoms with E-state index in [2.05, 4.69) is 16.0 Å². The lowest BCUT2D eigenvalue weighted by molar-refractivity contribution is 0.478. The zero-order chi connectivity index (χ0) is 26.1. The monoisotopic (exact) mass is 535 g/mol. The molecule has 2 aromatic rings. The molecule has 0 aliphatic carbocycles. The number of nitrogens with one attached hydrogen (secondary N) is 3. The van der Waals surface area contributed by atoms with Gasteiger partial charge in [0.15, 0.2) is 0 Å². The summed E-state index contributed by atoms with van der Waals surface area (Å²) in [6.45, 7) is 6.20. The molecule has 0 aromatic heterocycles. The summed E-state index contributed by atoms with van der Waals surface area (Å²) in [5.74, 6) is 0. The van der Waals surface area contributed by atoms with E-state index in [9.17, 15) is 16.8 Å². The van der Waals surface area contributed by atoms with Gasteiger partial charge in [-0.05, 0) is 83.6 Å². The molecule has 0 amide bonds. The molecule has 36 heavy (non-hydrogen) atoms. The average Bonchev–Trinajstić information content (AvgIpc) is 2.84. The van der Waals surface area contributed by atoms with E-state index in [1.54, 1.807) is 24.3 Å². The van der Waals surface area contributed by atoms with Crippen LogP contribution in [0, 0.1) is 13.8 Å². The van der Waals surface area contributed by atoms with Gasteiger partial charge in [-0.15, -0.1) is 0 Å². The van der Waals surface area contributed by atoms with Crippen molar-refractivity contribution in [2.45, 2.75) is 66.2 Å². The standard InChI is InChI=1S/C27H41N3O4S2/c1-23-9-13-25(14-10-23)35(31,32)27(36(33,34)26-15-11-24(2)12-16-26)21-29-18-7-5-3-4-6-17-28-19-8-20-30-22-27/h9-16,28-30H,3-8,17-22H2,1-2H3. The second kappa shape index (κ2) is 13.1. The molecule has 9 heteroatoms. The summed E-state index contributed by atoms with van der Waals surface area (Å²) in [5, 5.41) is 9.84. The molecular formula is C27H41N3O4S2. The van der Waals surface area contributed by atoms with E-state index in [1.165, 1.54) is 24.3 Å². The minimum Gasteiger partial charge on any atom is -0.317 e. The van der Waals surface area contributed by atoms with Gasteiger partial charge in [-0.1, -0.05) is 54.7 Å². The third-order valence-electron chi connectivity index (χ3n) is 6.84. The van der Waals surface area contributed by atoms with Crippen LogP contribution in [0.25, 0.3) is 0 Å². The maximum absolute atomic E-state index is 14.3. The highest BCUT2D eigenvalue weighted by atomic mass is 32.3. The Morgan fingerprint density at radius 1 is 0.528 bits per heavy atom. The van der Waals surface area contributed by atoms with Crippen molar-refractivity contribution in [2.24, 2.45) is 0 Å². The highest BCUT2D eigenvalue weighted by molar-refractivity contribution is 8.10. The van der Waals surface area contributed by atoms with Crippen molar-refractivity contribution in [1.82, 2.24) is 16.0 Å². The first-order valence-corrected chi connectivity index (χ1v) is 15.9. The van der Waals surface area contributed by atoms with Crippen molar-refractivity contribution >= 4 is 19.7 Å². The Labute approximate surface area is 217 Å². The Hall–Kier alpha value is -1.78. The number of benzene rings is 2. The smallest absolute Gasteiger partial charge is 0.206 e. The lowest BCUT2D eigenvalue weighted by Crippen LogP contribution is -2.59. The lowest BCUT2D eigenvalue weighted by Gasteiger charge is -2.34. The van der Waals surface area contributed by atoms with Gasteiger partial charge in [0, 0.05) is 13.1 Å². The van der Waals surface area contributed by atoms with Crippen molar-refractivity contribution in [3.8, 4) is 0 Å². The van der Waals surface area contributed by atoms with Crippen molar-refractivity contribution in [3.63, 3.8) is 0 Å². The van der Waals surface area contributed by atoms with Crippen molar-refractivity contribution in [1.29, 1.82) is 0 Å². The van der Waals surface area contributed by atoms with E-state index < -0.39 is 23.8 Å². The van der Waals surface area contributed by atoms with Gasteiger partial charge < -0.3 is 16.0 Å². The fourth-order valence-electron chi connectivity index (χ4n) is 4.50. The normalized spacial score (nSPS) is 19.5. The van der Waals surface area contributed by atoms with Crippen LogP contribution in [0.1, 0.15) is 49.7 Å².